The highest BCUT2D eigenvalue weighted by atomic mass is 16.6. The van der Waals surface area contributed by atoms with Gasteiger partial charge in [-0.05, 0) is 128 Å². The third kappa shape index (κ3) is 6.80. The molecule has 232 valence electrons. The Morgan fingerprint density at radius 1 is 0.795 bits per heavy atom. The minimum Gasteiger partial charge on any atom is -0.475 e. The summed E-state index contributed by atoms with van der Waals surface area (Å²) < 4.78 is 17.6. The lowest BCUT2D eigenvalue weighted by atomic mass is 9.85. The molecule has 44 heavy (non-hydrogen) atoms. The summed E-state index contributed by atoms with van der Waals surface area (Å²) in [7, 11) is 0. The Morgan fingerprint density at radius 3 is 1.80 bits per heavy atom. The molecule has 1 aliphatic rings. The minimum atomic E-state index is -1.07. The van der Waals surface area contributed by atoms with E-state index in [9.17, 15) is 9.59 Å². The average molecular weight is 598 g/mol. The molecule has 8 heteroatoms. The van der Waals surface area contributed by atoms with Gasteiger partial charge in [-0.2, -0.15) is 0 Å². The first kappa shape index (κ1) is 32.3. The number of esters is 2. The van der Waals surface area contributed by atoms with Crippen molar-refractivity contribution in [1.82, 2.24) is 0 Å². The number of nitrogens with two attached hydrogens (primary N) is 2. The molecular weight excluding hydrogens is 554 g/mol. The van der Waals surface area contributed by atoms with Crippen LogP contribution in [0.2, 0.25) is 0 Å². The summed E-state index contributed by atoms with van der Waals surface area (Å²) in [5.74, 6) is 0.597. The Labute approximate surface area is 260 Å². The van der Waals surface area contributed by atoms with E-state index in [4.69, 9.17) is 25.7 Å². The number of hydrogen-bond donors (Lipinski definition) is 2. The van der Waals surface area contributed by atoms with Crippen LogP contribution in [0.5, 0.6) is 17.2 Å². The van der Waals surface area contributed by atoms with Crippen LogP contribution in [-0.4, -0.2) is 30.0 Å². The normalized spacial score (nSPS) is 16.2. The van der Waals surface area contributed by atoms with Gasteiger partial charge in [-0.15, -0.1) is 0 Å². The standard InChI is InChI=1S/C36H43N3O5/c1-8-29(25-10-14-27(15-11-25)42-32(40)20-39-35(37)38)30(9-2)26-12-16-28(17-13-26)43-34(41)36(7)19-18-31-23(5)21(3)22(4)24(6)33(31)44-36/h10-17H,8-9,18-20H2,1-7H3,(H4,37,38,39)/b30-29+. The molecule has 0 bridgehead atoms. The van der Waals surface area contributed by atoms with Crippen LogP contribution in [0.15, 0.2) is 53.5 Å². The van der Waals surface area contributed by atoms with Crippen molar-refractivity contribution in [2.24, 2.45) is 16.5 Å². The van der Waals surface area contributed by atoms with E-state index in [2.05, 4.69) is 46.5 Å². The predicted octanol–water partition coefficient (Wildman–Crippen LogP) is 6.52. The van der Waals surface area contributed by atoms with Crippen LogP contribution in [0.4, 0.5) is 0 Å². The number of allylic oxidation sites excluding steroid dienone is 2. The van der Waals surface area contributed by atoms with Crippen molar-refractivity contribution in [2.45, 2.75) is 79.8 Å². The zero-order valence-corrected chi connectivity index (χ0v) is 26.8. The molecule has 4 rings (SSSR count). The van der Waals surface area contributed by atoms with Crippen molar-refractivity contribution < 1.29 is 23.8 Å². The molecule has 1 aliphatic heterocycles. The lowest BCUT2D eigenvalue weighted by molar-refractivity contribution is -0.152. The van der Waals surface area contributed by atoms with Crippen LogP contribution >= 0.6 is 0 Å². The van der Waals surface area contributed by atoms with Crippen LogP contribution in [0.3, 0.4) is 0 Å². The molecule has 1 atom stereocenters. The highest BCUT2D eigenvalue weighted by molar-refractivity contribution is 5.91. The third-order valence-corrected chi connectivity index (χ3v) is 8.68. The Hall–Kier alpha value is -4.59. The first-order valence-electron chi connectivity index (χ1n) is 15.1. The van der Waals surface area contributed by atoms with Crippen molar-refractivity contribution in [1.29, 1.82) is 0 Å². The SMILES string of the molecule is CC/C(=C(/CC)c1ccc(OC(=O)C2(C)CCc3c(C)c(C)c(C)c(C)c3O2)cc1)c1ccc(OC(=O)CN=C(N)N)cc1. The molecule has 8 nitrogen and oxygen atoms in total. The van der Waals surface area contributed by atoms with Gasteiger partial charge in [-0.3, -0.25) is 0 Å². The van der Waals surface area contributed by atoms with Crippen LogP contribution in [0.25, 0.3) is 11.1 Å². The lowest BCUT2D eigenvalue weighted by Crippen LogP contribution is -2.47. The van der Waals surface area contributed by atoms with Gasteiger partial charge in [-0.1, -0.05) is 38.1 Å². The van der Waals surface area contributed by atoms with E-state index in [1.54, 1.807) is 12.1 Å². The molecule has 0 aliphatic carbocycles. The second-order valence-corrected chi connectivity index (χ2v) is 11.5. The highest BCUT2D eigenvalue weighted by Gasteiger charge is 2.42. The van der Waals surface area contributed by atoms with Crippen LogP contribution < -0.4 is 25.7 Å². The van der Waals surface area contributed by atoms with E-state index in [1.165, 1.54) is 33.4 Å². The number of benzene rings is 3. The molecule has 0 aromatic heterocycles. The number of aliphatic imine (C=N–C) groups is 1. The van der Waals surface area contributed by atoms with Gasteiger partial charge >= 0.3 is 11.9 Å². The fraction of sp³-hybridized carbons (Fsp3) is 0.361. The number of carbonyl (C=O) groups excluding carboxylic acids is 2. The summed E-state index contributed by atoms with van der Waals surface area (Å²) in [6.07, 6.45) is 2.93. The molecule has 0 spiro atoms. The summed E-state index contributed by atoms with van der Waals surface area (Å²) >= 11 is 0. The van der Waals surface area contributed by atoms with Crippen molar-refractivity contribution in [3.8, 4) is 17.2 Å². The maximum Gasteiger partial charge on any atom is 0.355 e. The second kappa shape index (κ2) is 13.4. The number of carbonyl (C=O) groups is 2. The van der Waals surface area contributed by atoms with E-state index in [0.29, 0.717) is 17.9 Å². The Balaban J connectivity index is 1.50. The first-order valence-corrected chi connectivity index (χ1v) is 15.1. The predicted molar refractivity (Wildman–Crippen MR) is 175 cm³/mol. The molecule has 3 aromatic rings. The minimum absolute atomic E-state index is 0.165. The molecule has 4 N–H and O–H groups in total. The van der Waals surface area contributed by atoms with Crippen LogP contribution in [0, 0.1) is 27.7 Å². The highest BCUT2D eigenvalue weighted by Crippen LogP contribution is 2.41. The molecular formula is C36H43N3O5. The van der Waals surface area contributed by atoms with E-state index in [-0.39, 0.29) is 12.5 Å². The summed E-state index contributed by atoms with van der Waals surface area (Å²) in [5.41, 5.74) is 19.9. The van der Waals surface area contributed by atoms with Gasteiger partial charge in [0.1, 0.15) is 23.8 Å². The topological polar surface area (TPSA) is 126 Å². The van der Waals surface area contributed by atoms with Gasteiger partial charge in [0, 0.05) is 6.42 Å². The summed E-state index contributed by atoms with van der Waals surface area (Å²) in [5, 5.41) is 0. The largest absolute Gasteiger partial charge is 0.475 e. The van der Waals surface area contributed by atoms with Gasteiger partial charge in [0.05, 0.1) is 0 Å². The van der Waals surface area contributed by atoms with Gasteiger partial charge in [0.25, 0.3) is 0 Å². The molecule has 3 aromatic carbocycles. The molecule has 0 saturated heterocycles. The molecule has 0 radical (unpaired) electrons. The molecule has 0 amide bonds. The fourth-order valence-corrected chi connectivity index (χ4v) is 5.74. The number of rotatable bonds is 9. The third-order valence-electron chi connectivity index (χ3n) is 8.68. The summed E-state index contributed by atoms with van der Waals surface area (Å²) in [6.45, 7) is 14.2. The maximum atomic E-state index is 13.4. The number of hydrogen-bond acceptors (Lipinski definition) is 6. The maximum absolute atomic E-state index is 13.4. The Morgan fingerprint density at radius 2 is 1.30 bits per heavy atom. The average Bonchev–Trinajstić information content (AvgIpc) is 3.01. The monoisotopic (exact) mass is 597 g/mol. The van der Waals surface area contributed by atoms with Crippen molar-refractivity contribution in [2.75, 3.05) is 6.54 Å². The zero-order valence-electron chi connectivity index (χ0n) is 26.8. The zero-order chi connectivity index (χ0) is 32.2. The molecule has 0 fully saturated rings. The second-order valence-electron chi connectivity index (χ2n) is 11.5. The van der Waals surface area contributed by atoms with E-state index < -0.39 is 17.5 Å². The summed E-state index contributed by atoms with van der Waals surface area (Å²) in [4.78, 5) is 29.0. The molecule has 1 unspecified atom stereocenters. The van der Waals surface area contributed by atoms with E-state index in [0.717, 1.165) is 41.7 Å². The quantitative estimate of drug-likeness (QED) is 0.0945. The van der Waals surface area contributed by atoms with Crippen LogP contribution in [0.1, 0.15) is 79.0 Å². The smallest absolute Gasteiger partial charge is 0.355 e. The van der Waals surface area contributed by atoms with Gasteiger partial charge in [0.15, 0.2) is 5.96 Å². The number of nitrogens with zero attached hydrogens (tertiary/aromatic N) is 1. The number of ether oxygens (including phenoxy) is 3. The van der Waals surface area contributed by atoms with Gasteiger partial charge in [0.2, 0.25) is 5.60 Å². The Kier molecular flexibility index (Phi) is 9.82. The number of fused-ring (bicyclic) bond motifs is 1. The van der Waals surface area contributed by atoms with Crippen molar-refractivity contribution in [3.63, 3.8) is 0 Å². The van der Waals surface area contributed by atoms with Gasteiger partial charge in [-0.25, -0.2) is 14.6 Å². The molecule has 1 heterocycles. The Bertz CT molecular complexity index is 1620. The lowest BCUT2D eigenvalue weighted by Gasteiger charge is -2.36. The van der Waals surface area contributed by atoms with E-state index in [1.807, 2.05) is 43.3 Å². The first-order chi connectivity index (χ1) is 20.9. The fourth-order valence-electron chi connectivity index (χ4n) is 5.74. The van der Waals surface area contributed by atoms with E-state index >= 15 is 0 Å². The van der Waals surface area contributed by atoms with Crippen molar-refractivity contribution >= 4 is 29.0 Å². The molecule has 0 saturated carbocycles. The summed E-state index contributed by atoms with van der Waals surface area (Å²) in [6, 6.07) is 15.0. The van der Waals surface area contributed by atoms with Crippen LogP contribution in [-0.2, 0) is 16.0 Å². The van der Waals surface area contributed by atoms with Gasteiger partial charge < -0.3 is 25.7 Å². The number of guanidine groups is 1. The van der Waals surface area contributed by atoms with Crippen molar-refractivity contribution in [3.05, 3.63) is 87.5 Å².